The average Bonchev–Trinajstić information content (AvgIpc) is 2.71. The molecule has 0 bridgehead atoms. The molecule has 0 atom stereocenters. The van der Waals surface area contributed by atoms with E-state index in [2.05, 4.69) is 69.1 Å². The molecule has 1 aliphatic heterocycles. The number of esters is 1. The van der Waals surface area contributed by atoms with Crippen molar-refractivity contribution in [2.24, 2.45) is 5.92 Å². The average molecular weight is 443 g/mol. The molecule has 6 heteroatoms. The zero-order valence-electron chi connectivity index (χ0n) is 20.0. The van der Waals surface area contributed by atoms with Gasteiger partial charge in [-0.1, -0.05) is 26.8 Å². The van der Waals surface area contributed by atoms with E-state index in [0.717, 1.165) is 61.2 Å². The monoisotopic (exact) mass is 442 g/mol. The van der Waals surface area contributed by atoms with Gasteiger partial charge in [0.2, 0.25) is 8.32 Å². The first-order valence-electron chi connectivity index (χ1n) is 11.6. The van der Waals surface area contributed by atoms with E-state index in [1.807, 2.05) is 6.92 Å². The summed E-state index contributed by atoms with van der Waals surface area (Å²) in [4.78, 5) is 19.2. The van der Waals surface area contributed by atoms with Gasteiger partial charge in [-0.2, -0.15) is 0 Å². The Balaban J connectivity index is 1.57. The smallest absolute Gasteiger partial charge is 0.309 e. The molecule has 0 amide bonds. The predicted molar refractivity (Wildman–Crippen MR) is 129 cm³/mol. The van der Waals surface area contributed by atoms with Crippen LogP contribution in [-0.2, 0) is 16.0 Å². The maximum atomic E-state index is 11.9. The Morgan fingerprint density at radius 1 is 1.16 bits per heavy atom. The summed E-state index contributed by atoms with van der Waals surface area (Å²) in [5, 5.41) is 1.30. The highest BCUT2D eigenvalue weighted by Crippen LogP contribution is 2.37. The second-order valence-corrected chi connectivity index (χ2v) is 14.9. The van der Waals surface area contributed by atoms with E-state index in [-0.39, 0.29) is 16.9 Å². The molecule has 3 rings (SSSR count). The molecule has 0 saturated carbocycles. The lowest BCUT2D eigenvalue weighted by Gasteiger charge is -2.36. The van der Waals surface area contributed by atoms with Crippen molar-refractivity contribution in [1.82, 2.24) is 9.88 Å². The predicted octanol–water partition coefficient (Wildman–Crippen LogP) is 5.44. The lowest BCUT2D eigenvalue weighted by atomic mass is 9.97. The molecule has 1 saturated heterocycles. The van der Waals surface area contributed by atoms with Crippen LogP contribution in [0.25, 0.3) is 10.9 Å². The molecule has 0 aliphatic carbocycles. The number of carbonyl (C=O) groups excluding carboxylic acids is 1. The van der Waals surface area contributed by atoms with E-state index in [0.29, 0.717) is 6.61 Å². The summed E-state index contributed by atoms with van der Waals surface area (Å²) in [6.45, 7) is 16.5. The molecule has 1 aliphatic rings. The third-order valence-corrected chi connectivity index (χ3v) is 11.1. The van der Waals surface area contributed by atoms with Crippen LogP contribution in [0.3, 0.4) is 0 Å². The lowest BCUT2D eigenvalue weighted by molar-refractivity contribution is -0.149. The Bertz CT molecular complexity index is 899. The summed E-state index contributed by atoms with van der Waals surface area (Å²) in [5.74, 6) is 0.978. The summed E-state index contributed by atoms with van der Waals surface area (Å²) in [6.07, 6.45) is 2.70. The van der Waals surface area contributed by atoms with Crippen molar-refractivity contribution in [3.63, 3.8) is 0 Å². The second kappa shape index (κ2) is 9.70. The Kier molecular flexibility index (Phi) is 7.42. The summed E-state index contributed by atoms with van der Waals surface area (Å²) in [7, 11) is -1.85. The molecule has 170 valence electrons. The van der Waals surface area contributed by atoms with Gasteiger partial charge in [-0.25, -0.2) is 0 Å². The lowest BCUT2D eigenvalue weighted by Crippen LogP contribution is -2.43. The molecular weight excluding hydrogens is 404 g/mol. The van der Waals surface area contributed by atoms with E-state index in [4.69, 9.17) is 14.1 Å². The molecule has 0 radical (unpaired) electrons. The van der Waals surface area contributed by atoms with E-state index >= 15 is 0 Å². The van der Waals surface area contributed by atoms with Gasteiger partial charge in [-0.05, 0) is 75.3 Å². The van der Waals surface area contributed by atoms with Gasteiger partial charge in [-0.15, -0.1) is 0 Å². The second-order valence-electron chi connectivity index (χ2n) is 10.1. The van der Waals surface area contributed by atoms with Gasteiger partial charge in [-0.3, -0.25) is 9.78 Å². The maximum Gasteiger partial charge on any atom is 0.309 e. The van der Waals surface area contributed by atoms with Crippen LogP contribution in [0.15, 0.2) is 30.3 Å². The summed E-state index contributed by atoms with van der Waals surface area (Å²) >= 11 is 0. The SMILES string of the molecule is CCOC(=O)C1CCN(CCc2ccc3cc(O[Si](C)(C)C(C)(C)C)ccc3n2)CC1. The molecule has 1 fully saturated rings. The molecule has 0 N–H and O–H groups in total. The highest BCUT2D eigenvalue weighted by Gasteiger charge is 2.39. The highest BCUT2D eigenvalue weighted by molar-refractivity contribution is 6.74. The molecule has 31 heavy (non-hydrogen) atoms. The number of fused-ring (bicyclic) bond motifs is 1. The fourth-order valence-electron chi connectivity index (χ4n) is 3.72. The molecule has 2 heterocycles. The van der Waals surface area contributed by atoms with Gasteiger partial charge in [0.25, 0.3) is 0 Å². The summed E-state index contributed by atoms with van der Waals surface area (Å²) in [5.41, 5.74) is 2.12. The molecule has 0 unspecified atom stereocenters. The Labute approximate surface area is 188 Å². The fraction of sp³-hybridized carbons (Fsp3) is 0.600. The van der Waals surface area contributed by atoms with Crippen LogP contribution in [0.2, 0.25) is 18.1 Å². The number of nitrogens with zero attached hydrogens (tertiary/aromatic N) is 2. The maximum absolute atomic E-state index is 11.9. The molecular formula is C25H38N2O3Si. The minimum absolute atomic E-state index is 0.0322. The third kappa shape index (κ3) is 6.07. The number of piperidine rings is 1. The van der Waals surface area contributed by atoms with Crippen molar-refractivity contribution >= 4 is 25.2 Å². The van der Waals surface area contributed by atoms with Crippen LogP contribution >= 0.6 is 0 Å². The van der Waals surface area contributed by atoms with Crippen LogP contribution in [0.4, 0.5) is 0 Å². The molecule has 0 spiro atoms. The van der Waals surface area contributed by atoms with Crippen molar-refractivity contribution in [3.05, 3.63) is 36.0 Å². The summed E-state index contributed by atoms with van der Waals surface area (Å²) < 4.78 is 11.6. The number of ether oxygens (including phenoxy) is 1. The zero-order chi connectivity index (χ0) is 22.6. The van der Waals surface area contributed by atoms with E-state index < -0.39 is 8.32 Å². The quantitative estimate of drug-likeness (QED) is 0.422. The van der Waals surface area contributed by atoms with Crippen LogP contribution in [-0.4, -0.2) is 50.4 Å². The number of pyridine rings is 1. The van der Waals surface area contributed by atoms with Crippen LogP contribution < -0.4 is 4.43 Å². The van der Waals surface area contributed by atoms with Crippen molar-refractivity contribution in [3.8, 4) is 5.75 Å². The van der Waals surface area contributed by atoms with Gasteiger partial charge in [0.1, 0.15) is 5.75 Å². The van der Waals surface area contributed by atoms with Crippen molar-refractivity contribution in [1.29, 1.82) is 0 Å². The molecule has 5 nitrogen and oxygen atoms in total. The third-order valence-electron chi connectivity index (χ3n) is 6.79. The minimum atomic E-state index is -1.85. The Morgan fingerprint density at radius 2 is 1.87 bits per heavy atom. The van der Waals surface area contributed by atoms with E-state index in [1.165, 1.54) is 0 Å². The Morgan fingerprint density at radius 3 is 2.52 bits per heavy atom. The number of benzene rings is 1. The molecule has 1 aromatic carbocycles. The first kappa shape index (κ1) is 23.7. The van der Waals surface area contributed by atoms with Crippen LogP contribution in [0.1, 0.15) is 46.2 Å². The highest BCUT2D eigenvalue weighted by atomic mass is 28.4. The molecule has 1 aromatic heterocycles. The van der Waals surface area contributed by atoms with E-state index in [9.17, 15) is 4.79 Å². The van der Waals surface area contributed by atoms with Gasteiger partial charge < -0.3 is 14.1 Å². The molecule has 2 aromatic rings. The number of likely N-dealkylation sites (tertiary alicyclic amines) is 1. The minimum Gasteiger partial charge on any atom is -0.543 e. The van der Waals surface area contributed by atoms with Crippen molar-refractivity contribution in [2.45, 2.75) is 65.1 Å². The van der Waals surface area contributed by atoms with Gasteiger partial charge in [0.05, 0.1) is 18.0 Å². The van der Waals surface area contributed by atoms with Crippen LogP contribution in [0, 0.1) is 5.92 Å². The van der Waals surface area contributed by atoms with E-state index in [1.54, 1.807) is 0 Å². The Hall–Kier alpha value is -1.92. The number of aromatic nitrogens is 1. The number of hydrogen-bond acceptors (Lipinski definition) is 5. The number of hydrogen-bond donors (Lipinski definition) is 0. The number of rotatable bonds is 7. The zero-order valence-corrected chi connectivity index (χ0v) is 21.0. The normalized spacial score (nSPS) is 16.5. The standard InChI is InChI=1S/C25H38N2O3Si/c1-7-29-24(28)19-12-15-27(16-13-19)17-14-21-9-8-20-18-22(10-11-23(20)26-21)30-31(5,6)25(2,3)4/h8-11,18-19H,7,12-17H2,1-6H3. The summed E-state index contributed by atoms with van der Waals surface area (Å²) in [6, 6.07) is 10.5. The van der Waals surface area contributed by atoms with Gasteiger partial charge in [0, 0.05) is 24.0 Å². The fourth-order valence-corrected chi connectivity index (χ4v) is 4.74. The topological polar surface area (TPSA) is 51.7 Å². The van der Waals surface area contributed by atoms with Crippen LogP contribution in [0.5, 0.6) is 5.75 Å². The van der Waals surface area contributed by atoms with Crippen molar-refractivity contribution < 1.29 is 14.0 Å². The number of carbonyl (C=O) groups is 1. The van der Waals surface area contributed by atoms with Crippen molar-refractivity contribution in [2.75, 3.05) is 26.2 Å². The first-order valence-corrected chi connectivity index (χ1v) is 14.5. The van der Waals surface area contributed by atoms with Gasteiger partial charge >= 0.3 is 5.97 Å². The first-order chi connectivity index (χ1) is 14.6. The van der Waals surface area contributed by atoms with Gasteiger partial charge in [0.15, 0.2) is 0 Å². The largest absolute Gasteiger partial charge is 0.543 e.